The Morgan fingerprint density at radius 3 is 2.59 bits per heavy atom. The zero-order valence-corrected chi connectivity index (χ0v) is 15.7. The molecule has 3 fully saturated rings. The second-order valence-corrected chi connectivity index (χ2v) is 8.34. The minimum Gasteiger partial charge on any atom is -0.361 e. The zero-order chi connectivity index (χ0) is 19.4. The molecule has 1 aromatic heterocycles. The van der Waals surface area contributed by atoms with Crippen LogP contribution in [0.25, 0.3) is 0 Å². The molecule has 0 radical (unpaired) electrons. The summed E-state index contributed by atoms with van der Waals surface area (Å²) in [6.07, 6.45) is 3.31. The van der Waals surface area contributed by atoms with Crippen molar-refractivity contribution in [2.75, 3.05) is 13.1 Å². The number of aryl methyl sites for hydroxylation is 2. The molecule has 2 aliphatic carbocycles. The summed E-state index contributed by atoms with van der Waals surface area (Å²) in [6.45, 7) is 4.49. The maximum absolute atomic E-state index is 13.5. The summed E-state index contributed by atoms with van der Waals surface area (Å²) in [4.78, 5) is 27.4. The largest absolute Gasteiger partial charge is 0.361 e. The molecule has 8 heteroatoms. The number of alkyl halides is 2. The molecule has 2 heterocycles. The van der Waals surface area contributed by atoms with Crippen molar-refractivity contribution in [3.8, 4) is 0 Å². The van der Waals surface area contributed by atoms with Gasteiger partial charge in [0.05, 0.1) is 11.7 Å². The number of amides is 2. The number of carbonyl (C=O) groups excluding carboxylic acids is 2. The summed E-state index contributed by atoms with van der Waals surface area (Å²) in [5, 5.41) is 6.42. The van der Waals surface area contributed by atoms with Gasteiger partial charge >= 0.3 is 0 Å². The molecular weight excluding hydrogens is 356 g/mol. The van der Waals surface area contributed by atoms with Crippen molar-refractivity contribution in [3.05, 3.63) is 17.0 Å². The normalized spacial score (nSPS) is 31.9. The van der Waals surface area contributed by atoms with Crippen LogP contribution < -0.4 is 5.32 Å². The van der Waals surface area contributed by atoms with Gasteiger partial charge in [0.25, 0.3) is 11.8 Å². The van der Waals surface area contributed by atoms with Crippen LogP contribution in [0.5, 0.6) is 0 Å². The van der Waals surface area contributed by atoms with Crippen LogP contribution in [0, 0.1) is 25.2 Å². The van der Waals surface area contributed by atoms with Crippen LogP contribution >= 0.6 is 0 Å². The number of nitrogens with one attached hydrogen (secondary N) is 1. The Kier molecular flexibility index (Phi) is 4.27. The van der Waals surface area contributed by atoms with Gasteiger partial charge in [0, 0.05) is 30.8 Å². The number of aromatic nitrogens is 1. The minimum atomic E-state index is -2.79. The van der Waals surface area contributed by atoms with Gasteiger partial charge in [0.2, 0.25) is 5.91 Å². The van der Waals surface area contributed by atoms with Gasteiger partial charge in [0.1, 0.15) is 11.3 Å². The standard InChI is InChI=1S/C19H25F2N3O3/c1-11-15(12(2)27-23-11)17(26)24-9-8-18(10-24)6-3-4-13(18)16(25)22-14-5-7-19(14,20)21/h13-14H,3-10H2,1-2H3,(H,22,25)/t13-,14+,18+/m0/s1. The van der Waals surface area contributed by atoms with Gasteiger partial charge in [-0.1, -0.05) is 11.6 Å². The molecule has 1 aromatic rings. The number of rotatable bonds is 3. The van der Waals surface area contributed by atoms with E-state index in [2.05, 4.69) is 10.5 Å². The predicted molar refractivity (Wildman–Crippen MR) is 92.4 cm³/mol. The highest BCUT2D eigenvalue weighted by atomic mass is 19.3. The van der Waals surface area contributed by atoms with Gasteiger partial charge in [-0.15, -0.1) is 0 Å². The fourth-order valence-corrected chi connectivity index (χ4v) is 5.01. The quantitative estimate of drug-likeness (QED) is 0.874. The first-order chi connectivity index (χ1) is 12.7. The van der Waals surface area contributed by atoms with E-state index in [1.54, 1.807) is 18.7 Å². The number of nitrogens with zero attached hydrogens (tertiary/aromatic N) is 2. The first-order valence-corrected chi connectivity index (χ1v) is 9.64. The van der Waals surface area contributed by atoms with Crippen LogP contribution in [-0.4, -0.2) is 46.9 Å². The lowest BCUT2D eigenvalue weighted by molar-refractivity contribution is -0.142. The van der Waals surface area contributed by atoms with Crippen LogP contribution in [-0.2, 0) is 4.79 Å². The van der Waals surface area contributed by atoms with Crippen LogP contribution in [0.1, 0.15) is 60.3 Å². The molecule has 1 N–H and O–H groups in total. The molecule has 1 spiro atoms. The topological polar surface area (TPSA) is 75.4 Å². The third kappa shape index (κ3) is 2.93. The van der Waals surface area contributed by atoms with E-state index >= 15 is 0 Å². The van der Waals surface area contributed by atoms with Gasteiger partial charge in [-0.3, -0.25) is 9.59 Å². The number of halogens is 2. The van der Waals surface area contributed by atoms with E-state index in [4.69, 9.17) is 4.52 Å². The molecular formula is C19H25F2N3O3. The van der Waals surface area contributed by atoms with Crippen molar-refractivity contribution >= 4 is 11.8 Å². The third-order valence-electron chi connectivity index (χ3n) is 6.74. The zero-order valence-electron chi connectivity index (χ0n) is 15.7. The first-order valence-electron chi connectivity index (χ1n) is 9.64. The molecule has 0 bridgehead atoms. The van der Waals surface area contributed by atoms with Crippen molar-refractivity contribution in [1.29, 1.82) is 0 Å². The molecule has 4 rings (SSSR count). The Morgan fingerprint density at radius 2 is 2.00 bits per heavy atom. The van der Waals surface area contributed by atoms with E-state index < -0.39 is 12.0 Å². The van der Waals surface area contributed by atoms with E-state index in [0.717, 1.165) is 19.3 Å². The van der Waals surface area contributed by atoms with Gasteiger partial charge in [-0.25, -0.2) is 8.78 Å². The van der Waals surface area contributed by atoms with Crippen molar-refractivity contribution in [2.45, 2.75) is 64.3 Å². The number of carbonyl (C=O) groups is 2. The average molecular weight is 381 g/mol. The number of likely N-dealkylation sites (tertiary alicyclic amines) is 1. The monoisotopic (exact) mass is 381 g/mol. The van der Waals surface area contributed by atoms with Crippen LogP contribution in [0.3, 0.4) is 0 Å². The molecule has 2 amide bonds. The lowest BCUT2D eigenvalue weighted by Crippen LogP contribution is -2.57. The lowest BCUT2D eigenvalue weighted by Gasteiger charge is -2.39. The summed E-state index contributed by atoms with van der Waals surface area (Å²) in [5.74, 6) is -3.01. The van der Waals surface area contributed by atoms with Crippen molar-refractivity contribution in [3.63, 3.8) is 0 Å². The second-order valence-electron chi connectivity index (χ2n) is 8.34. The molecule has 1 saturated heterocycles. The van der Waals surface area contributed by atoms with E-state index in [-0.39, 0.29) is 29.6 Å². The van der Waals surface area contributed by atoms with Crippen molar-refractivity contribution < 1.29 is 22.9 Å². The summed E-state index contributed by atoms with van der Waals surface area (Å²) < 4.78 is 32.2. The van der Waals surface area contributed by atoms with Gasteiger partial charge in [0.15, 0.2) is 0 Å². The Labute approximate surface area is 156 Å². The van der Waals surface area contributed by atoms with Gasteiger partial charge in [-0.2, -0.15) is 0 Å². The Morgan fingerprint density at radius 1 is 1.22 bits per heavy atom. The highest BCUT2D eigenvalue weighted by Gasteiger charge is 2.54. The summed E-state index contributed by atoms with van der Waals surface area (Å²) >= 11 is 0. The molecule has 6 nitrogen and oxygen atoms in total. The van der Waals surface area contributed by atoms with E-state index in [9.17, 15) is 18.4 Å². The number of hydrogen-bond donors (Lipinski definition) is 1. The Balaban J connectivity index is 1.47. The van der Waals surface area contributed by atoms with Crippen LogP contribution in [0.4, 0.5) is 8.78 Å². The van der Waals surface area contributed by atoms with E-state index in [1.807, 2.05) is 0 Å². The number of hydrogen-bond acceptors (Lipinski definition) is 4. The Bertz CT molecular complexity index is 759. The highest BCUT2D eigenvalue weighted by Crippen LogP contribution is 2.50. The molecule has 1 aliphatic heterocycles. The van der Waals surface area contributed by atoms with Crippen molar-refractivity contribution in [1.82, 2.24) is 15.4 Å². The third-order valence-corrected chi connectivity index (χ3v) is 6.74. The van der Waals surface area contributed by atoms with E-state index in [1.165, 1.54) is 0 Å². The fraction of sp³-hybridized carbons (Fsp3) is 0.737. The lowest BCUT2D eigenvalue weighted by atomic mass is 9.76. The van der Waals surface area contributed by atoms with Gasteiger partial charge in [-0.05, 0) is 39.5 Å². The molecule has 0 unspecified atom stereocenters. The molecule has 3 atom stereocenters. The summed E-state index contributed by atoms with van der Waals surface area (Å²) in [5.41, 5.74) is 0.740. The highest BCUT2D eigenvalue weighted by molar-refractivity contribution is 5.96. The molecule has 0 aromatic carbocycles. The van der Waals surface area contributed by atoms with Crippen LogP contribution in [0.2, 0.25) is 0 Å². The molecule has 3 aliphatic rings. The fourth-order valence-electron chi connectivity index (χ4n) is 5.01. The molecule has 27 heavy (non-hydrogen) atoms. The van der Waals surface area contributed by atoms with Crippen molar-refractivity contribution in [2.24, 2.45) is 11.3 Å². The Hall–Kier alpha value is -1.99. The van der Waals surface area contributed by atoms with Gasteiger partial charge < -0.3 is 14.7 Å². The smallest absolute Gasteiger partial charge is 0.267 e. The molecule has 148 valence electrons. The summed E-state index contributed by atoms with van der Waals surface area (Å²) in [7, 11) is 0. The second kappa shape index (κ2) is 6.27. The van der Waals surface area contributed by atoms with E-state index in [0.29, 0.717) is 42.9 Å². The molecule has 2 saturated carbocycles. The summed E-state index contributed by atoms with van der Waals surface area (Å²) in [6, 6.07) is -1.04. The predicted octanol–water partition coefficient (Wildman–Crippen LogP) is 2.84. The average Bonchev–Trinajstić information content (AvgIpc) is 3.32. The van der Waals surface area contributed by atoms with Crippen LogP contribution in [0.15, 0.2) is 4.52 Å². The minimum absolute atomic E-state index is 0.125. The first kappa shape index (κ1) is 18.4. The maximum Gasteiger partial charge on any atom is 0.267 e. The maximum atomic E-state index is 13.5. The SMILES string of the molecule is Cc1noc(C)c1C(=O)N1CC[C@]2(CCC[C@H]2C(=O)N[C@@H]2CCC2(F)F)C1.